The molecule has 0 saturated heterocycles. The van der Waals surface area contributed by atoms with Crippen molar-refractivity contribution in [3.05, 3.63) is 12.2 Å². The van der Waals surface area contributed by atoms with Crippen LogP contribution in [-0.4, -0.2) is 0 Å². The maximum atomic E-state index is 4.92. The van der Waals surface area contributed by atoms with E-state index >= 15 is 0 Å². The summed E-state index contributed by atoms with van der Waals surface area (Å²) in [5, 5.41) is 0. The van der Waals surface area contributed by atoms with E-state index < -0.39 is 0 Å². The van der Waals surface area contributed by atoms with E-state index in [0.717, 1.165) is 5.57 Å². The SMILES string of the molecule is C#CCC(=C)C. The fourth-order valence-corrected chi connectivity index (χ4v) is 0.174. The van der Waals surface area contributed by atoms with Crippen molar-refractivity contribution < 1.29 is 0 Å². The van der Waals surface area contributed by atoms with Gasteiger partial charge in [0.2, 0.25) is 0 Å². The first-order chi connectivity index (χ1) is 2.77. The molecule has 0 saturated carbocycles. The Labute approximate surface area is 38.9 Å². The van der Waals surface area contributed by atoms with Crippen LogP contribution in [-0.2, 0) is 0 Å². The van der Waals surface area contributed by atoms with Crippen molar-refractivity contribution in [3.8, 4) is 12.3 Å². The predicted molar refractivity (Wildman–Crippen MR) is 28.3 cm³/mol. The molecular weight excluding hydrogens is 72.1 g/mol. The van der Waals surface area contributed by atoms with Crippen LogP contribution in [0.15, 0.2) is 12.2 Å². The highest BCUT2D eigenvalue weighted by Gasteiger charge is 1.71. The van der Waals surface area contributed by atoms with E-state index in [2.05, 4.69) is 12.5 Å². The van der Waals surface area contributed by atoms with Crippen LogP contribution < -0.4 is 0 Å². The highest BCUT2D eigenvalue weighted by molar-refractivity contribution is 5.02. The third-order valence-corrected chi connectivity index (χ3v) is 0.404. The molecule has 6 heavy (non-hydrogen) atoms. The second kappa shape index (κ2) is 2.53. The van der Waals surface area contributed by atoms with Gasteiger partial charge in [0.25, 0.3) is 0 Å². The Morgan fingerprint density at radius 2 is 2.50 bits per heavy atom. The highest BCUT2D eigenvalue weighted by atomic mass is 13.8. The lowest BCUT2D eigenvalue weighted by Gasteiger charge is -1.80. The summed E-state index contributed by atoms with van der Waals surface area (Å²) < 4.78 is 0. The second-order valence-electron chi connectivity index (χ2n) is 1.34. The summed E-state index contributed by atoms with van der Waals surface area (Å²) in [5.74, 6) is 2.47. The Morgan fingerprint density at radius 3 is 2.50 bits per heavy atom. The van der Waals surface area contributed by atoms with Crippen molar-refractivity contribution in [3.63, 3.8) is 0 Å². The third-order valence-electron chi connectivity index (χ3n) is 0.404. The van der Waals surface area contributed by atoms with Crippen molar-refractivity contribution >= 4 is 0 Å². The van der Waals surface area contributed by atoms with Crippen LogP contribution in [0.1, 0.15) is 13.3 Å². The summed E-state index contributed by atoms with van der Waals surface area (Å²) in [6, 6.07) is 0. The normalized spacial score (nSPS) is 6.67. The number of terminal acetylenes is 1. The average Bonchev–Trinajstić information content (AvgIpc) is 1.35. The van der Waals surface area contributed by atoms with Gasteiger partial charge in [0.05, 0.1) is 0 Å². The summed E-state index contributed by atoms with van der Waals surface area (Å²) in [7, 11) is 0. The van der Waals surface area contributed by atoms with Crippen LogP contribution in [0.4, 0.5) is 0 Å². The second-order valence-corrected chi connectivity index (χ2v) is 1.34. The molecule has 0 heterocycles. The van der Waals surface area contributed by atoms with Gasteiger partial charge in [0, 0.05) is 6.42 Å². The summed E-state index contributed by atoms with van der Waals surface area (Å²) in [5.41, 5.74) is 1.05. The smallest absolute Gasteiger partial charge is 0.0291 e. The molecule has 0 atom stereocenters. The largest absolute Gasteiger partial charge is 0.120 e. The minimum absolute atomic E-state index is 0.708. The van der Waals surface area contributed by atoms with E-state index in [1.54, 1.807) is 0 Å². The van der Waals surface area contributed by atoms with Crippen molar-refractivity contribution in [2.24, 2.45) is 0 Å². The van der Waals surface area contributed by atoms with Crippen molar-refractivity contribution in [1.29, 1.82) is 0 Å². The molecule has 0 aliphatic rings. The fourth-order valence-electron chi connectivity index (χ4n) is 0.174. The number of rotatable bonds is 1. The van der Waals surface area contributed by atoms with Crippen molar-refractivity contribution in [2.75, 3.05) is 0 Å². The van der Waals surface area contributed by atoms with Crippen LogP contribution in [0.3, 0.4) is 0 Å². The lowest BCUT2D eigenvalue weighted by molar-refractivity contribution is 1.27. The predicted octanol–water partition coefficient (Wildman–Crippen LogP) is 1.59. The lowest BCUT2D eigenvalue weighted by Crippen LogP contribution is -1.63. The molecule has 0 unspecified atom stereocenters. The Hall–Kier alpha value is -0.700. The molecule has 0 aromatic carbocycles. The molecule has 0 aliphatic heterocycles. The molecule has 0 aromatic heterocycles. The van der Waals surface area contributed by atoms with Gasteiger partial charge in [-0.3, -0.25) is 0 Å². The van der Waals surface area contributed by atoms with Gasteiger partial charge in [-0.05, 0) is 6.92 Å². The molecule has 0 fully saturated rings. The van der Waals surface area contributed by atoms with Gasteiger partial charge >= 0.3 is 0 Å². The van der Waals surface area contributed by atoms with E-state index in [9.17, 15) is 0 Å². The van der Waals surface area contributed by atoms with Gasteiger partial charge in [-0.2, -0.15) is 0 Å². The molecular formula is C6H8. The zero-order chi connectivity index (χ0) is 4.99. The van der Waals surface area contributed by atoms with Gasteiger partial charge in [0.1, 0.15) is 0 Å². The highest BCUT2D eigenvalue weighted by Crippen LogP contribution is 1.89. The zero-order valence-corrected chi connectivity index (χ0v) is 3.99. The first-order valence-corrected chi connectivity index (χ1v) is 1.85. The summed E-state index contributed by atoms with van der Waals surface area (Å²) in [6.07, 6.45) is 5.63. The van der Waals surface area contributed by atoms with Crippen LogP contribution in [0, 0.1) is 12.3 Å². The minimum Gasteiger partial charge on any atom is -0.120 e. The molecule has 0 aromatic rings. The summed E-state index contributed by atoms with van der Waals surface area (Å²) in [6.45, 7) is 5.52. The van der Waals surface area contributed by atoms with Gasteiger partial charge < -0.3 is 0 Å². The average molecular weight is 80.1 g/mol. The molecule has 0 amide bonds. The maximum absolute atomic E-state index is 4.92. The summed E-state index contributed by atoms with van der Waals surface area (Å²) >= 11 is 0. The van der Waals surface area contributed by atoms with E-state index in [0.29, 0.717) is 6.42 Å². The maximum Gasteiger partial charge on any atom is 0.0291 e. The first-order valence-electron chi connectivity index (χ1n) is 1.85. The zero-order valence-electron chi connectivity index (χ0n) is 3.99. The minimum atomic E-state index is 0.708. The number of hydrogen-bond donors (Lipinski definition) is 0. The molecule has 0 nitrogen and oxygen atoms in total. The van der Waals surface area contributed by atoms with Crippen molar-refractivity contribution in [2.45, 2.75) is 13.3 Å². The van der Waals surface area contributed by atoms with Crippen LogP contribution in [0.2, 0.25) is 0 Å². The van der Waals surface area contributed by atoms with Gasteiger partial charge in [-0.1, -0.05) is 12.2 Å². The number of allylic oxidation sites excluding steroid dienone is 1. The van der Waals surface area contributed by atoms with Gasteiger partial charge in [-0.25, -0.2) is 0 Å². The van der Waals surface area contributed by atoms with E-state index in [4.69, 9.17) is 6.42 Å². The van der Waals surface area contributed by atoms with E-state index in [1.807, 2.05) is 6.92 Å². The van der Waals surface area contributed by atoms with Crippen LogP contribution >= 0.6 is 0 Å². The topological polar surface area (TPSA) is 0 Å². The molecule has 0 spiro atoms. The van der Waals surface area contributed by atoms with Gasteiger partial charge in [0.15, 0.2) is 0 Å². The van der Waals surface area contributed by atoms with E-state index in [-0.39, 0.29) is 0 Å². The quantitative estimate of drug-likeness (QED) is 0.331. The monoisotopic (exact) mass is 80.1 g/mol. The Kier molecular flexibility index (Phi) is 2.24. The summed E-state index contributed by atoms with van der Waals surface area (Å²) in [4.78, 5) is 0. The molecule has 0 aliphatic carbocycles. The molecule has 0 heteroatoms. The Morgan fingerprint density at radius 1 is 2.00 bits per heavy atom. The number of hydrogen-bond acceptors (Lipinski definition) is 0. The van der Waals surface area contributed by atoms with Crippen molar-refractivity contribution in [1.82, 2.24) is 0 Å². The standard InChI is InChI=1S/C6H8/c1-4-5-6(2)3/h1H,2,5H2,3H3. The third kappa shape index (κ3) is 3.30. The Bertz CT molecular complexity index is 82.7. The fraction of sp³-hybridized carbons (Fsp3) is 0.333. The van der Waals surface area contributed by atoms with E-state index in [1.165, 1.54) is 0 Å². The molecule has 0 N–H and O–H groups in total. The molecule has 0 rings (SSSR count). The molecule has 32 valence electrons. The Balaban J connectivity index is 3.13. The molecule has 0 bridgehead atoms. The van der Waals surface area contributed by atoms with Crippen LogP contribution in [0.5, 0.6) is 0 Å². The lowest BCUT2D eigenvalue weighted by atomic mass is 10.3. The first kappa shape index (κ1) is 5.30. The molecule has 0 radical (unpaired) electrons. The van der Waals surface area contributed by atoms with Gasteiger partial charge in [-0.15, -0.1) is 12.3 Å². The van der Waals surface area contributed by atoms with Crippen LogP contribution in [0.25, 0.3) is 0 Å².